The van der Waals surface area contributed by atoms with E-state index >= 15 is 0 Å². The predicted octanol–water partition coefficient (Wildman–Crippen LogP) is 5.33. The van der Waals surface area contributed by atoms with Gasteiger partial charge in [0.1, 0.15) is 5.75 Å². The van der Waals surface area contributed by atoms with Gasteiger partial charge >= 0.3 is 0 Å². The number of hydrogen-bond acceptors (Lipinski definition) is 5. The van der Waals surface area contributed by atoms with E-state index in [9.17, 15) is 9.59 Å². The summed E-state index contributed by atoms with van der Waals surface area (Å²) in [6, 6.07) is 23.5. The van der Waals surface area contributed by atoms with E-state index in [1.165, 1.54) is 0 Å². The highest BCUT2D eigenvalue weighted by Gasteiger charge is 2.24. The summed E-state index contributed by atoms with van der Waals surface area (Å²) in [5, 5.41) is 6.04. The van der Waals surface area contributed by atoms with Gasteiger partial charge in [0.25, 0.3) is 5.91 Å². The van der Waals surface area contributed by atoms with Crippen LogP contribution in [0.2, 0.25) is 0 Å². The number of carbonyl (C=O) groups is 2. The molecule has 0 spiro atoms. The topological polar surface area (TPSA) is 73.9 Å². The van der Waals surface area contributed by atoms with Gasteiger partial charge in [-0.15, -0.1) is 0 Å². The van der Waals surface area contributed by atoms with Crippen LogP contribution in [0.3, 0.4) is 0 Å². The van der Waals surface area contributed by atoms with Crippen molar-refractivity contribution in [3.05, 3.63) is 83.9 Å². The second-order valence-electron chi connectivity index (χ2n) is 10.8. The van der Waals surface area contributed by atoms with E-state index in [2.05, 4.69) is 26.5 Å². The third kappa shape index (κ3) is 7.06. The molecule has 1 fully saturated rings. The number of rotatable bonds is 8. The summed E-state index contributed by atoms with van der Waals surface area (Å²) in [4.78, 5) is 30.6. The van der Waals surface area contributed by atoms with Gasteiger partial charge in [-0.05, 0) is 41.3 Å². The summed E-state index contributed by atoms with van der Waals surface area (Å²) in [7, 11) is 1.69. The number of anilines is 3. The molecule has 0 bridgehead atoms. The van der Waals surface area contributed by atoms with E-state index in [1.807, 2.05) is 81.4 Å². The van der Waals surface area contributed by atoms with Gasteiger partial charge in [-0.1, -0.05) is 63.2 Å². The van der Waals surface area contributed by atoms with Crippen molar-refractivity contribution in [1.29, 1.82) is 0 Å². The van der Waals surface area contributed by atoms with Gasteiger partial charge in [0.15, 0.2) is 0 Å². The molecular formula is C31H38N4O3. The molecule has 1 saturated heterocycles. The zero-order valence-electron chi connectivity index (χ0n) is 22.8. The van der Waals surface area contributed by atoms with Crippen LogP contribution in [0.5, 0.6) is 5.75 Å². The number of ether oxygens (including phenoxy) is 1. The monoisotopic (exact) mass is 514 g/mol. The van der Waals surface area contributed by atoms with Gasteiger partial charge in [-0.3, -0.25) is 9.59 Å². The Morgan fingerprint density at radius 3 is 2.13 bits per heavy atom. The lowest BCUT2D eigenvalue weighted by Crippen LogP contribution is -2.47. The van der Waals surface area contributed by atoms with Crippen LogP contribution >= 0.6 is 0 Å². The van der Waals surface area contributed by atoms with Crippen molar-refractivity contribution in [1.82, 2.24) is 5.32 Å². The van der Waals surface area contributed by atoms with E-state index in [1.54, 1.807) is 13.2 Å². The molecule has 2 N–H and O–H groups in total. The lowest BCUT2D eigenvalue weighted by Gasteiger charge is -2.38. The minimum atomic E-state index is -0.164. The lowest BCUT2D eigenvalue weighted by atomic mass is 9.92. The van der Waals surface area contributed by atoms with Gasteiger partial charge in [0.05, 0.1) is 18.4 Å². The molecule has 0 saturated carbocycles. The molecule has 3 aromatic rings. The maximum atomic E-state index is 13.4. The first-order valence-electron chi connectivity index (χ1n) is 13.1. The molecule has 2 amide bonds. The fraction of sp³-hybridized carbons (Fsp3) is 0.355. The Bertz CT molecular complexity index is 1250. The zero-order chi connectivity index (χ0) is 27.1. The number of methoxy groups -OCH3 is 1. The summed E-state index contributed by atoms with van der Waals surface area (Å²) >= 11 is 0. The fourth-order valence-electron chi connectivity index (χ4n) is 4.71. The highest BCUT2D eigenvalue weighted by atomic mass is 16.5. The standard InChI is InChI=1S/C31H38N4O3/c1-31(2,3)21-29(36)33-24-14-15-26(25(20-24)30(37)32-22-23-10-6-5-7-11-23)34-16-18-35(19-17-34)27-12-8-9-13-28(27)38-4/h5-15,20H,16-19,21-22H2,1-4H3,(H,32,37)(H,33,36). The van der Waals surface area contributed by atoms with Crippen molar-refractivity contribution in [3.8, 4) is 5.75 Å². The van der Waals surface area contributed by atoms with Crippen molar-refractivity contribution in [2.45, 2.75) is 33.7 Å². The van der Waals surface area contributed by atoms with Crippen LogP contribution in [-0.4, -0.2) is 45.1 Å². The van der Waals surface area contributed by atoms with Gasteiger partial charge in [-0.25, -0.2) is 0 Å². The largest absolute Gasteiger partial charge is 0.495 e. The summed E-state index contributed by atoms with van der Waals surface area (Å²) < 4.78 is 5.56. The number of amides is 2. The maximum Gasteiger partial charge on any atom is 0.253 e. The van der Waals surface area contributed by atoms with Crippen LogP contribution in [0.15, 0.2) is 72.8 Å². The number of carbonyl (C=O) groups excluding carboxylic acids is 2. The molecule has 1 aliphatic rings. The van der Waals surface area contributed by atoms with E-state index in [4.69, 9.17) is 4.74 Å². The smallest absolute Gasteiger partial charge is 0.253 e. The molecule has 3 aromatic carbocycles. The van der Waals surface area contributed by atoms with E-state index < -0.39 is 0 Å². The van der Waals surface area contributed by atoms with Crippen molar-refractivity contribution in [3.63, 3.8) is 0 Å². The first-order valence-corrected chi connectivity index (χ1v) is 13.1. The summed E-state index contributed by atoms with van der Waals surface area (Å²) in [5.74, 6) is 0.631. The van der Waals surface area contributed by atoms with E-state index in [-0.39, 0.29) is 17.2 Å². The Labute approximate surface area is 225 Å². The molecule has 38 heavy (non-hydrogen) atoms. The minimum absolute atomic E-state index is 0.0636. The zero-order valence-corrected chi connectivity index (χ0v) is 22.8. The number of benzene rings is 3. The van der Waals surface area contributed by atoms with Crippen LogP contribution in [0.4, 0.5) is 17.1 Å². The number of para-hydroxylation sites is 2. The van der Waals surface area contributed by atoms with Crippen molar-refractivity contribution >= 4 is 28.9 Å². The average molecular weight is 515 g/mol. The normalized spacial score (nSPS) is 13.7. The first kappa shape index (κ1) is 27.0. The Balaban J connectivity index is 1.53. The van der Waals surface area contributed by atoms with Crippen LogP contribution in [0.1, 0.15) is 43.1 Å². The summed E-state index contributed by atoms with van der Waals surface area (Å²) in [6.07, 6.45) is 0.398. The first-order chi connectivity index (χ1) is 18.2. The van der Waals surface area contributed by atoms with Gasteiger partial charge in [0, 0.05) is 50.5 Å². The highest BCUT2D eigenvalue weighted by Crippen LogP contribution is 2.31. The number of nitrogens with zero attached hydrogens (tertiary/aromatic N) is 2. The summed E-state index contributed by atoms with van der Waals surface area (Å²) in [6.45, 7) is 9.64. The third-order valence-electron chi connectivity index (χ3n) is 6.56. The average Bonchev–Trinajstić information content (AvgIpc) is 2.91. The molecule has 0 aliphatic carbocycles. The molecular weight excluding hydrogens is 476 g/mol. The van der Waals surface area contributed by atoms with Crippen LogP contribution in [0.25, 0.3) is 0 Å². The fourth-order valence-corrected chi connectivity index (χ4v) is 4.71. The molecule has 0 aromatic heterocycles. The Morgan fingerprint density at radius 1 is 0.842 bits per heavy atom. The van der Waals surface area contributed by atoms with Crippen molar-refractivity contribution in [2.75, 3.05) is 48.4 Å². The molecule has 200 valence electrons. The Kier molecular flexibility index (Phi) is 8.56. The molecule has 1 aliphatic heterocycles. The second-order valence-corrected chi connectivity index (χ2v) is 10.8. The Hall–Kier alpha value is -4.00. The van der Waals surface area contributed by atoms with E-state index in [0.717, 1.165) is 48.9 Å². The van der Waals surface area contributed by atoms with Crippen LogP contribution in [-0.2, 0) is 11.3 Å². The molecule has 1 heterocycles. The van der Waals surface area contributed by atoms with E-state index in [0.29, 0.717) is 24.2 Å². The number of piperazine rings is 1. The van der Waals surface area contributed by atoms with Crippen LogP contribution in [0, 0.1) is 5.41 Å². The van der Waals surface area contributed by atoms with Gasteiger partial charge < -0.3 is 25.2 Å². The Morgan fingerprint density at radius 2 is 1.47 bits per heavy atom. The molecule has 0 radical (unpaired) electrons. The summed E-state index contributed by atoms with van der Waals surface area (Å²) in [5.41, 5.74) is 4.03. The third-order valence-corrected chi connectivity index (χ3v) is 6.56. The predicted molar refractivity (Wildman–Crippen MR) is 154 cm³/mol. The van der Waals surface area contributed by atoms with Gasteiger partial charge in [-0.2, -0.15) is 0 Å². The van der Waals surface area contributed by atoms with Crippen molar-refractivity contribution < 1.29 is 14.3 Å². The SMILES string of the molecule is COc1ccccc1N1CCN(c2ccc(NC(=O)CC(C)(C)C)cc2C(=O)NCc2ccccc2)CC1. The molecule has 7 heteroatoms. The van der Waals surface area contributed by atoms with Crippen molar-refractivity contribution in [2.24, 2.45) is 5.41 Å². The minimum Gasteiger partial charge on any atom is -0.495 e. The second kappa shape index (κ2) is 12.0. The molecule has 4 rings (SSSR count). The van der Waals surface area contributed by atoms with Crippen LogP contribution < -0.4 is 25.2 Å². The number of nitrogens with one attached hydrogen (secondary N) is 2. The molecule has 7 nitrogen and oxygen atoms in total. The highest BCUT2D eigenvalue weighted by molar-refractivity contribution is 6.02. The molecule has 0 unspecified atom stereocenters. The number of hydrogen-bond donors (Lipinski definition) is 2. The quantitative estimate of drug-likeness (QED) is 0.425. The lowest BCUT2D eigenvalue weighted by molar-refractivity contribution is -0.117. The maximum absolute atomic E-state index is 13.4. The van der Waals surface area contributed by atoms with Gasteiger partial charge in [0.2, 0.25) is 5.91 Å². The molecule has 0 atom stereocenters.